The number of carbonyl (C=O) groups excluding carboxylic acids is 3. The summed E-state index contributed by atoms with van der Waals surface area (Å²) in [5, 5.41) is 2.29. The van der Waals surface area contributed by atoms with E-state index in [1.165, 1.54) is 7.11 Å². The molecule has 4 amide bonds. The fourth-order valence-corrected chi connectivity index (χ4v) is 4.81. The van der Waals surface area contributed by atoms with Gasteiger partial charge in [-0.05, 0) is 93.3 Å². The lowest BCUT2D eigenvalue weighted by atomic mass is 9.86. The van der Waals surface area contributed by atoms with Crippen LogP contribution in [0.15, 0.2) is 48.0 Å². The monoisotopic (exact) mass is 473 g/mol. The van der Waals surface area contributed by atoms with E-state index in [4.69, 9.17) is 4.74 Å². The highest BCUT2D eigenvalue weighted by Gasteiger charge is 2.37. The smallest absolute Gasteiger partial charge is 0.335 e. The third-order valence-corrected chi connectivity index (χ3v) is 6.54. The van der Waals surface area contributed by atoms with Crippen molar-refractivity contribution in [1.82, 2.24) is 5.32 Å². The Labute approximate surface area is 206 Å². The summed E-state index contributed by atoms with van der Waals surface area (Å²) in [6.45, 7) is 11.5. The van der Waals surface area contributed by atoms with Gasteiger partial charge in [-0.1, -0.05) is 13.0 Å². The minimum absolute atomic E-state index is 0.0911. The molecule has 7 heteroatoms. The first-order valence-electron chi connectivity index (χ1n) is 11.7. The van der Waals surface area contributed by atoms with Gasteiger partial charge in [-0.25, -0.2) is 9.69 Å². The van der Waals surface area contributed by atoms with Gasteiger partial charge < -0.3 is 9.64 Å². The molecule has 1 N–H and O–H groups in total. The highest BCUT2D eigenvalue weighted by molar-refractivity contribution is 6.39. The van der Waals surface area contributed by atoms with Gasteiger partial charge in [0.25, 0.3) is 11.8 Å². The number of nitrogens with zero attached hydrogens (tertiary/aromatic N) is 2. The standard InChI is InChI=1S/C28H31N3O4/c1-7-12-30-24-13-17(2)19(14-22(24)18(3)16-28(30,4)5)15-23-25(32)29-27(34)31(26(23)33)20-8-10-21(35-6)11-9-20/h8-11,13-16H,7,12H2,1-6H3,(H,29,32,34)/b23-15-. The number of nitrogens with one attached hydrogen (secondary N) is 1. The second kappa shape index (κ2) is 9.06. The van der Waals surface area contributed by atoms with Gasteiger partial charge in [-0.3, -0.25) is 14.9 Å². The Morgan fingerprint density at radius 2 is 1.74 bits per heavy atom. The van der Waals surface area contributed by atoms with Crippen LogP contribution in [-0.2, 0) is 9.59 Å². The molecule has 0 radical (unpaired) electrons. The van der Waals surface area contributed by atoms with Gasteiger partial charge in [0.1, 0.15) is 11.3 Å². The van der Waals surface area contributed by atoms with Crippen molar-refractivity contribution < 1.29 is 19.1 Å². The Balaban J connectivity index is 1.77. The molecule has 1 fully saturated rings. The molecule has 2 aromatic carbocycles. The van der Waals surface area contributed by atoms with Gasteiger partial charge >= 0.3 is 6.03 Å². The molecule has 182 valence electrons. The number of rotatable bonds is 5. The Morgan fingerprint density at radius 3 is 2.37 bits per heavy atom. The summed E-state index contributed by atoms with van der Waals surface area (Å²) in [7, 11) is 1.54. The molecule has 2 aliphatic rings. The number of methoxy groups -OCH3 is 1. The fraction of sp³-hybridized carbons (Fsp3) is 0.321. The van der Waals surface area contributed by atoms with Crippen LogP contribution in [-0.4, -0.2) is 37.0 Å². The molecule has 0 atom stereocenters. The highest BCUT2D eigenvalue weighted by Crippen LogP contribution is 2.41. The van der Waals surface area contributed by atoms with Crippen molar-refractivity contribution in [2.45, 2.75) is 46.6 Å². The molecule has 2 aliphatic heterocycles. The molecular weight excluding hydrogens is 442 g/mol. The van der Waals surface area contributed by atoms with Crippen molar-refractivity contribution in [3.05, 3.63) is 64.7 Å². The number of benzene rings is 2. The molecule has 0 saturated carbocycles. The largest absolute Gasteiger partial charge is 0.497 e. The number of hydrogen-bond acceptors (Lipinski definition) is 5. The summed E-state index contributed by atoms with van der Waals surface area (Å²) < 4.78 is 5.15. The van der Waals surface area contributed by atoms with Crippen molar-refractivity contribution in [1.29, 1.82) is 0 Å². The number of hydrogen-bond donors (Lipinski definition) is 1. The minimum Gasteiger partial charge on any atom is -0.497 e. The van der Waals surface area contributed by atoms with E-state index in [2.05, 4.69) is 50.1 Å². The van der Waals surface area contributed by atoms with E-state index in [9.17, 15) is 14.4 Å². The van der Waals surface area contributed by atoms with Crippen molar-refractivity contribution in [2.75, 3.05) is 23.5 Å². The molecule has 2 aromatic rings. The molecule has 0 aromatic heterocycles. The van der Waals surface area contributed by atoms with Crippen LogP contribution in [0, 0.1) is 6.92 Å². The van der Waals surface area contributed by atoms with Crippen LogP contribution >= 0.6 is 0 Å². The van der Waals surface area contributed by atoms with E-state index in [-0.39, 0.29) is 11.1 Å². The summed E-state index contributed by atoms with van der Waals surface area (Å²) in [6.07, 6.45) is 4.84. The predicted octanol–water partition coefficient (Wildman–Crippen LogP) is 5.08. The van der Waals surface area contributed by atoms with Gasteiger partial charge in [0.2, 0.25) is 0 Å². The number of barbiturate groups is 1. The zero-order chi connectivity index (χ0) is 25.5. The third-order valence-electron chi connectivity index (χ3n) is 6.54. The molecule has 1 saturated heterocycles. The van der Waals surface area contributed by atoms with Crippen molar-refractivity contribution in [3.8, 4) is 5.75 Å². The lowest BCUT2D eigenvalue weighted by molar-refractivity contribution is -0.122. The Kier molecular flexibility index (Phi) is 6.28. The fourth-order valence-electron chi connectivity index (χ4n) is 4.81. The SMILES string of the molecule is CCCN1c2cc(C)c(/C=C3/C(=O)NC(=O)N(c4ccc(OC)cc4)C3=O)cc2C(C)=CC1(C)C. The van der Waals surface area contributed by atoms with Crippen LogP contribution in [0.25, 0.3) is 11.6 Å². The number of allylic oxidation sites excluding steroid dienone is 1. The van der Waals surface area contributed by atoms with Crippen LogP contribution in [0.3, 0.4) is 0 Å². The maximum Gasteiger partial charge on any atom is 0.335 e. The maximum atomic E-state index is 13.3. The number of amides is 4. The van der Waals surface area contributed by atoms with E-state index < -0.39 is 17.8 Å². The summed E-state index contributed by atoms with van der Waals surface area (Å²) >= 11 is 0. The zero-order valence-electron chi connectivity index (χ0n) is 21.1. The molecule has 0 unspecified atom stereocenters. The van der Waals surface area contributed by atoms with E-state index >= 15 is 0 Å². The number of imide groups is 2. The molecule has 35 heavy (non-hydrogen) atoms. The van der Waals surface area contributed by atoms with Crippen molar-refractivity contribution >= 4 is 40.9 Å². The number of anilines is 2. The van der Waals surface area contributed by atoms with Crippen LogP contribution in [0.5, 0.6) is 5.75 Å². The molecule has 0 aliphatic carbocycles. The van der Waals surface area contributed by atoms with E-state index in [1.807, 2.05) is 13.0 Å². The molecule has 0 bridgehead atoms. The summed E-state index contributed by atoms with van der Waals surface area (Å²) in [6, 6.07) is 9.88. The number of urea groups is 1. The Morgan fingerprint density at radius 1 is 1.06 bits per heavy atom. The van der Waals surface area contributed by atoms with Crippen LogP contribution < -0.4 is 19.9 Å². The predicted molar refractivity (Wildman–Crippen MR) is 139 cm³/mol. The topological polar surface area (TPSA) is 79.0 Å². The minimum atomic E-state index is -0.777. The molecule has 2 heterocycles. The average molecular weight is 474 g/mol. The number of ether oxygens (including phenoxy) is 1. The quantitative estimate of drug-likeness (QED) is 0.484. The Bertz CT molecular complexity index is 1270. The molecule has 7 nitrogen and oxygen atoms in total. The lowest BCUT2D eigenvalue weighted by Crippen LogP contribution is -2.54. The van der Waals surface area contributed by atoms with Crippen LogP contribution in [0.1, 0.15) is 50.8 Å². The van der Waals surface area contributed by atoms with E-state index in [0.717, 1.165) is 45.8 Å². The second-order valence-electron chi connectivity index (χ2n) is 9.51. The van der Waals surface area contributed by atoms with Gasteiger partial charge in [0.15, 0.2) is 0 Å². The summed E-state index contributed by atoms with van der Waals surface area (Å²) in [5.41, 5.74) is 5.21. The highest BCUT2D eigenvalue weighted by atomic mass is 16.5. The van der Waals surface area contributed by atoms with Crippen LogP contribution in [0.2, 0.25) is 0 Å². The maximum absolute atomic E-state index is 13.3. The number of carbonyl (C=O) groups is 3. The molecule has 0 spiro atoms. The Hall–Kier alpha value is -3.87. The number of fused-ring (bicyclic) bond motifs is 1. The summed E-state index contributed by atoms with van der Waals surface area (Å²) in [5.74, 6) is -0.774. The third kappa shape index (κ3) is 4.34. The lowest BCUT2D eigenvalue weighted by Gasteiger charge is -2.43. The number of aryl methyl sites for hydroxylation is 1. The van der Waals surface area contributed by atoms with Gasteiger partial charge in [0.05, 0.1) is 18.3 Å². The van der Waals surface area contributed by atoms with Gasteiger partial charge in [-0.2, -0.15) is 0 Å². The first-order valence-corrected chi connectivity index (χ1v) is 11.7. The summed E-state index contributed by atoms with van der Waals surface area (Å²) in [4.78, 5) is 41.9. The first-order chi connectivity index (χ1) is 16.6. The van der Waals surface area contributed by atoms with E-state index in [1.54, 1.807) is 30.3 Å². The zero-order valence-corrected chi connectivity index (χ0v) is 21.1. The van der Waals surface area contributed by atoms with Crippen LogP contribution in [0.4, 0.5) is 16.2 Å². The second-order valence-corrected chi connectivity index (χ2v) is 9.51. The molecular formula is C28H31N3O4. The normalized spacial score (nSPS) is 18.4. The molecule has 4 rings (SSSR count). The van der Waals surface area contributed by atoms with Crippen molar-refractivity contribution in [2.24, 2.45) is 0 Å². The average Bonchev–Trinajstić information content (AvgIpc) is 2.80. The van der Waals surface area contributed by atoms with Gasteiger partial charge in [0, 0.05) is 17.8 Å². The van der Waals surface area contributed by atoms with E-state index in [0.29, 0.717) is 11.4 Å². The first kappa shape index (κ1) is 24.3. The van der Waals surface area contributed by atoms with Crippen molar-refractivity contribution in [3.63, 3.8) is 0 Å². The van der Waals surface area contributed by atoms with Gasteiger partial charge in [-0.15, -0.1) is 0 Å².